The Balaban J connectivity index is 2.36. The van der Waals surface area contributed by atoms with Crippen molar-refractivity contribution >= 4 is 5.91 Å². The molecule has 0 aliphatic heterocycles. The molecule has 0 heterocycles. The highest BCUT2D eigenvalue weighted by atomic mass is 16.1. The maximum Gasteiger partial charge on any atom is 0.221 e. The topological polar surface area (TPSA) is 55.1 Å². The molecule has 0 spiro atoms. The molecule has 1 amide bonds. The first kappa shape index (κ1) is 13.5. The van der Waals surface area contributed by atoms with Gasteiger partial charge in [0.05, 0.1) is 0 Å². The summed E-state index contributed by atoms with van der Waals surface area (Å²) in [5.74, 6) is 0.815. The van der Waals surface area contributed by atoms with Crippen LogP contribution in [0.2, 0.25) is 0 Å². The second-order valence-electron chi connectivity index (χ2n) is 5.00. The Morgan fingerprint density at radius 1 is 1.38 bits per heavy atom. The lowest BCUT2D eigenvalue weighted by Crippen LogP contribution is -2.43. The number of nitrogens with two attached hydrogens (primary N) is 1. The van der Waals surface area contributed by atoms with Gasteiger partial charge in [0.25, 0.3) is 0 Å². The van der Waals surface area contributed by atoms with Gasteiger partial charge in [-0.05, 0) is 25.2 Å². The number of carbonyl (C=O) groups is 1. The summed E-state index contributed by atoms with van der Waals surface area (Å²) in [6.07, 6.45) is 7.50. The van der Waals surface area contributed by atoms with E-state index in [1.54, 1.807) is 0 Å². The minimum Gasteiger partial charge on any atom is -0.353 e. The van der Waals surface area contributed by atoms with E-state index in [1.165, 1.54) is 25.7 Å². The average molecular weight is 226 g/mol. The van der Waals surface area contributed by atoms with Crippen molar-refractivity contribution in [2.24, 2.45) is 11.7 Å². The number of hydrogen-bond donors (Lipinski definition) is 2. The van der Waals surface area contributed by atoms with E-state index in [0.717, 1.165) is 12.8 Å². The monoisotopic (exact) mass is 226 g/mol. The number of amides is 1. The van der Waals surface area contributed by atoms with E-state index in [1.807, 2.05) is 6.92 Å². The molecule has 16 heavy (non-hydrogen) atoms. The minimum absolute atomic E-state index is 0.0173. The van der Waals surface area contributed by atoms with Gasteiger partial charge in [-0.25, -0.2) is 0 Å². The van der Waals surface area contributed by atoms with Crippen LogP contribution in [0.1, 0.15) is 58.8 Å². The van der Waals surface area contributed by atoms with E-state index < -0.39 is 0 Å². The van der Waals surface area contributed by atoms with Crippen LogP contribution in [-0.2, 0) is 4.79 Å². The van der Waals surface area contributed by atoms with E-state index in [9.17, 15) is 4.79 Å². The van der Waals surface area contributed by atoms with Crippen LogP contribution in [0.5, 0.6) is 0 Å². The van der Waals surface area contributed by atoms with Gasteiger partial charge in [0, 0.05) is 18.5 Å². The van der Waals surface area contributed by atoms with Crippen LogP contribution in [0.25, 0.3) is 0 Å². The van der Waals surface area contributed by atoms with Gasteiger partial charge in [0.1, 0.15) is 0 Å². The van der Waals surface area contributed by atoms with Gasteiger partial charge < -0.3 is 11.1 Å². The van der Waals surface area contributed by atoms with Crippen molar-refractivity contribution in [2.45, 2.75) is 70.9 Å². The number of carbonyl (C=O) groups excluding carboxylic acids is 1. The lowest BCUT2D eigenvalue weighted by Gasteiger charge is -2.31. The third-order valence-corrected chi connectivity index (χ3v) is 3.75. The predicted molar refractivity (Wildman–Crippen MR) is 67.1 cm³/mol. The summed E-state index contributed by atoms with van der Waals surface area (Å²) in [6.45, 7) is 4.24. The Labute approximate surface area is 99.2 Å². The molecular weight excluding hydrogens is 200 g/mol. The van der Waals surface area contributed by atoms with Crippen molar-refractivity contribution in [3.05, 3.63) is 0 Å². The van der Waals surface area contributed by atoms with Crippen molar-refractivity contribution in [3.8, 4) is 0 Å². The summed E-state index contributed by atoms with van der Waals surface area (Å²) in [6, 6.07) is 0.416. The second-order valence-corrected chi connectivity index (χ2v) is 5.00. The van der Waals surface area contributed by atoms with Crippen LogP contribution in [0.15, 0.2) is 0 Å². The summed E-state index contributed by atoms with van der Waals surface area (Å²) >= 11 is 0. The first-order chi connectivity index (χ1) is 7.67. The summed E-state index contributed by atoms with van der Waals surface area (Å²) in [5, 5.41) is 3.17. The molecule has 0 saturated heterocycles. The second kappa shape index (κ2) is 6.89. The molecule has 0 aromatic carbocycles. The summed E-state index contributed by atoms with van der Waals surface area (Å²) in [7, 11) is 0. The van der Waals surface area contributed by atoms with Gasteiger partial charge in [-0.2, -0.15) is 0 Å². The average Bonchev–Trinajstić information content (AvgIpc) is 2.29. The quantitative estimate of drug-likeness (QED) is 0.755. The number of rotatable bonds is 5. The van der Waals surface area contributed by atoms with Crippen LogP contribution in [-0.4, -0.2) is 18.0 Å². The van der Waals surface area contributed by atoms with E-state index in [-0.39, 0.29) is 11.9 Å². The fourth-order valence-electron chi connectivity index (χ4n) is 2.53. The molecule has 3 N–H and O–H groups in total. The van der Waals surface area contributed by atoms with Gasteiger partial charge >= 0.3 is 0 Å². The van der Waals surface area contributed by atoms with Crippen molar-refractivity contribution in [2.75, 3.05) is 0 Å². The third kappa shape index (κ3) is 4.12. The first-order valence-electron chi connectivity index (χ1n) is 6.72. The van der Waals surface area contributed by atoms with E-state index in [4.69, 9.17) is 5.73 Å². The highest BCUT2D eigenvalue weighted by molar-refractivity contribution is 5.76. The number of hydrogen-bond acceptors (Lipinski definition) is 2. The Morgan fingerprint density at radius 2 is 2.06 bits per heavy atom. The third-order valence-electron chi connectivity index (χ3n) is 3.75. The fourth-order valence-corrected chi connectivity index (χ4v) is 2.53. The molecule has 1 aliphatic rings. The largest absolute Gasteiger partial charge is 0.353 e. The molecule has 3 heteroatoms. The molecule has 0 aromatic rings. The van der Waals surface area contributed by atoms with Crippen molar-refractivity contribution < 1.29 is 4.79 Å². The Hall–Kier alpha value is -0.570. The molecule has 1 saturated carbocycles. The smallest absolute Gasteiger partial charge is 0.221 e. The highest BCUT2D eigenvalue weighted by Crippen LogP contribution is 2.26. The lowest BCUT2D eigenvalue weighted by atomic mass is 9.83. The normalized spacial score (nSPS) is 27.4. The Kier molecular flexibility index (Phi) is 5.81. The lowest BCUT2D eigenvalue weighted by molar-refractivity contribution is -0.122. The standard InChI is InChI=1S/C13H26N2O/c1-3-10-7-5-6-8-12(10)15-13(16)9-11(14)4-2/h10-12H,3-9,14H2,1-2H3,(H,15,16). The molecule has 0 bridgehead atoms. The van der Waals surface area contributed by atoms with Gasteiger partial charge in [0.15, 0.2) is 0 Å². The summed E-state index contributed by atoms with van der Waals surface area (Å²) in [5.41, 5.74) is 5.79. The maximum atomic E-state index is 11.8. The van der Waals surface area contributed by atoms with Crippen molar-refractivity contribution in [1.29, 1.82) is 0 Å². The van der Waals surface area contributed by atoms with Gasteiger partial charge in [-0.1, -0.05) is 33.1 Å². The van der Waals surface area contributed by atoms with Crippen molar-refractivity contribution in [3.63, 3.8) is 0 Å². The maximum absolute atomic E-state index is 11.8. The van der Waals surface area contributed by atoms with Crippen LogP contribution in [0.3, 0.4) is 0 Å². The molecule has 3 atom stereocenters. The molecule has 3 unspecified atom stereocenters. The molecule has 1 aliphatic carbocycles. The summed E-state index contributed by atoms with van der Waals surface area (Å²) < 4.78 is 0. The van der Waals surface area contributed by atoms with Gasteiger partial charge in [-0.15, -0.1) is 0 Å². The highest BCUT2D eigenvalue weighted by Gasteiger charge is 2.25. The van der Waals surface area contributed by atoms with Crippen LogP contribution in [0.4, 0.5) is 0 Å². The molecular formula is C13H26N2O. The molecule has 3 nitrogen and oxygen atoms in total. The SMILES string of the molecule is CCC(N)CC(=O)NC1CCCCC1CC. The fraction of sp³-hybridized carbons (Fsp3) is 0.923. The molecule has 1 fully saturated rings. The van der Waals surface area contributed by atoms with Crippen LogP contribution in [0, 0.1) is 5.92 Å². The molecule has 94 valence electrons. The van der Waals surface area contributed by atoms with E-state index >= 15 is 0 Å². The zero-order valence-corrected chi connectivity index (χ0v) is 10.7. The Morgan fingerprint density at radius 3 is 2.69 bits per heavy atom. The first-order valence-corrected chi connectivity index (χ1v) is 6.72. The van der Waals surface area contributed by atoms with Gasteiger partial charge in [0.2, 0.25) is 5.91 Å². The van der Waals surface area contributed by atoms with Crippen molar-refractivity contribution in [1.82, 2.24) is 5.32 Å². The minimum atomic E-state index is 0.0173. The Bertz CT molecular complexity index is 218. The molecule has 0 aromatic heterocycles. The molecule has 0 radical (unpaired) electrons. The predicted octanol–water partition coefficient (Wildman–Crippen LogP) is 2.20. The number of nitrogens with one attached hydrogen (secondary N) is 1. The molecule has 1 rings (SSSR count). The van der Waals surface area contributed by atoms with Crippen LogP contribution < -0.4 is 11.1 Å². The zero-order valence-electron chi connectivity index (χ0n) is 10.7. The van der Waals surface area contributed by atoms with Crippen LogP contribution >= 0.6 is 0 Å². The van der Waals surface area contributed by atoms with Gasteiger partial charge in [-0.3, -0.25) is 4.79 Å². The van der Waals surface area contributed by atoms with E-state index in [2.05, 4.69) is 12.2 Å². The summed E-state index contributed by atoms with van der Waals surface area (Å²) in [4.78, 5) is 11.8. The van der Waals surface area contributed by atoms with E-state index in [0.29, 0.717) is 18.4 Å². The zero-order chi connectivity index (χ0) is 12.0.